The summed E-state index contributed by atoms with van der Waals surface area (Å²) in [6, 6.07) is 6.70. The van der Waals surface area contributed by atoms with Gasteiger partial charge in [-0.25, -0.2) is 0 Å². The minimum atomic E-state index is -0.371. The van der Waals surface area contributed by atoms with Gasteiger partial charge in [-0.3, -0.25) is 19.9 Å². The van der Waals surface area contributed by atoms with E-state index in [1.807, 2.05) is 4.90 Å². The predicted molar refractivity (Wildman–Crippen MR) is 83.3 cm³/mol. The maximum atomic E-state index is 12.2. The fourth-order valence-corrected chi connectivity index (χ4v) is 3.10. The van der Waals surface area contributed by atoms with E-state index in [0.717, 1.165) is 0 Å². The number of piperazine rings is 1. The first kappa shape index (κ1) is 14.5. The van der Waals surface area contributed by atoms with Crippen molar-refractivity contribution in [2.75, 3.05) is 31.1 Å². The van der Waals surface area contributed by atoms with Gasteiger partial charge < -0.3 is 9.80 Å². The minimum Gasteiger partial charge on any atom is -0.362 e. The molecule has 1 amide bonds. The van der Waals surface area contributed by atoms with E-state index < -0.39 is 0 Å². The molecule has 1 aromatic heterocycles. The van der Waals surface area contributed by atoms with E-state index >= 15 is 0 Å². The van der Waals surface area contributed by atoms with Crippen molar-refractivity contribution >= 4 is 28.6 Å². The van der Waals surface area contributed by atoms with Gasteiger partial charge >= 0.3 is 0 Å². The second-order valence-corrected chi connectivity index (χ2v) is 5.78. The summed E-state index contributed by atoms with van der Waals surface area (Å²) in [6.07, 6.45) is 1.57. The van der Waals surface area contributed by atoms with E-state index in [1.54, 1.807) is 34.8 Å². The van der Waals surface area contributed by atoms with Gasteiger partial charge in [-0.05, 0) is 6.07 Å². The van der Waals surface area contributed by atoms with Crippen LogP contribution in [-0.4, -0.2) is 46.9 Å². The van der Waals surface area contributed by atoms with Crippen LogP contribution in [0.2, 0.25) is 0 Å². The van der Waals surface area contributed by atoms with E-state index in [2.05, 4.69) is 4.98 Å². The zero-order valence-corrected chi connectivity index (χ0v) is 12.5. The molecule has 22 heavy (non-hydrogen) atoms. The summed E-state index contributed by atoms with van der Waals surface area (Å²) in [5.41, 5.74) is 2.35. The number of benzene rings is 1. The van der Waals surface area contributed by atoms with Crippen LogP contribution in [-0.2, 0) is 0 Å². The lowest BCUT2D eigenvalue weighted by molar-refractivity contribution is -0.384. The highest BCUT2D eigenvalue weighted by molar-refractivity contribution is 7.11. The van der Waals surface area contributed by atoms with Crippen molar-refractivity contribution in [3.63, 3.8) is 0 Å². The molecule has 1 aliphatic rings. The molecule has 0 saturated carbocycles. The van der Waals surface area contributed by atoms with E-state index in [9.17, 15) is 14.9 Å². The number of hydrogen-bond donors (Lipinski definition) is 0. The van der Waals surface area contributed by atoms with Crippen LogP contribution in [0.1, 0.15) is 9.67 Å². The molecule has 1 aliphatic heterocycles. The Morgan fingerprint density at radius 1 is 1.23 bits per heavy atom. The predicted octanol–water partition coefficient (Wildman–Crippen LogP) is 2.01. The molecule has 1 saturated heterocycles. The third-order valence-electron chi connectivity index (χ3n) is 3.63. The number of amides is 1. The molecule has 2 aromatic rings. The molecule has 2 heterocycles. The number of nitrogens with zero attached hydrogens (tertiary/aromatic N) is 4. The Hall–Kier alpha value is -2.48. The fourth-order valence-electron chi connectivity index (χ4n) is 2.51. The molecule has 0 bridgehead atoms. The van der Waals surface area contributed by atoms with Crippen LogP contribution < -0.4 is 4.90 Å². The maximum Gasteiger partial charge on any atom is 0.292 e. The van der Waals surface area contributed by atoms with Crippen molar-refractivity contribution < 1.29 is 9.72 Å². The summed E-state index contributed by atoms with van der Waals surface area (Å²) < 4.78 is 0. The van der Waals surface area contributed by atoms with Gasteiger partial charge in [0.05, 0.1) is 16.6 Å². The number of aromatic nitrogens is 1. The Bertz CT molecular complexity index is 681. The lowest BCUT2D eigenvalue weighted by Crippen LogP contribution is -2.48. The monoisotopic (exact) mass is 318 g/mol. The second-order valence-electron chi connectivity index (χ2n) is 4.89. The number of carbonyl (C=O) groups is 1. The summed E-state index contributed by atoms with van der Waals surface area (Å²) in [6.45, 7) is 2.25. The number of thiazole rings is 1. The minimum absolute atomic E-state index is 0.0234. The van der Waals surface area contributed by atoms with Gasteiger partial charge in [0.15, 0.2) is 0 Å². The van der Waals surface area contributed by atoms with Gasteiger partial charge in [-0.2, -0.15) is 0 Å². The number of nitro groups is 1. The lowest BCUT2D eigenvalue weighted by atomic mass is 10.2. The SMILES string of the molecule is O=C(c1cncs1)N1CCN(c2ccccc2[N+](=O)[O-])CC1. The third kappa shape index (κ3) is 2.77. The standard InChI is InChI=1S/C14H14N4O3S/c19-14(13-9-15-10-22-13)17-7-5-16(6-8-17)11-3-1-2-4-12(11)18(20)21/h1-4,9-10H,5-8H2. The molecular formula is C14H14N4O3S. The van der Waals surface area contributed by atoms with E-state index in [4.69, 9.17) is 0 Å². The molecule has 1 aromatic carbocycles. The Kier molecular flexibility index (Phi) is 4.01. The largest absolute Gasteiger partial charge is 0.362 e. The molecule has 0 atom stereocenters. The molecule has 8 heteroatoms. The first-order valence-electron chi connectivity index (χ1n) is 6.83. The topological polar surface area (TPSA) is 79.6 Å². The fraction of sp³-hybridized carbons (Fsp3) is 0.286. The van der Waals surface area contributed by atoms with Gasteiger partial charge in [-0.1, -0.05) is 12.1 Å². The van der Waals surface area contributed by atoms with E-state index in [0.29, 0.717) is 36.7 Å². The summed E-state index contributed by atoms with van der Waals surface area (Å²) in [4.78, 5) is 31.2. The van der Waals surface area contributed by atoms with Crippen LogP contribution in [0.25, 0.3) is 0 Å². The second kappa shape index (κ2) is 6.10. The van der Waals surface area contributed by atoms with Gasteiger partial charge in [0, 0.05) is 32.2 Å². The smallest absolute Gasteiger partial charge is 0.292 e. The number of para-hydroxylation sites is 2. The van der Waals surface area contributed by atoms with Crippen molar-refractivity contribution in [3.05, 3.63) is 51.0 Å². The molecule has 0 radical (unpaired) electrons. The molecule has 0 aliphatic carbocycles. The van der Waals surface area contributed by atoms with Crippen molar-refractivity contribution in [1.29, 1.82) is 0 Å². The Labute approximate surface area is 131 Å². The van der Waals surface area contributed by atoms with Gasteiger partial charge in [-0.15, -0.1) is 11.3 Å². The average molecular weight is 318 g/mol. The molecule has 0 spiro atoms. The third-order valence-corrected chi connectivity index (χ3v) is 4.39. The van der Waals surface area contributed by atoms with Crippen molar-refractivity contribution in [3.8, 4) is 0 Å². The van der Waals surface area contributed by atoms with Crippen molar-refractivity contribution in [2.45, 2.75) is 0 Å². The normalized spacial score (nSPS) is 14.9. The molecule has 7 nitrogen and oxygen atoms in total. The number of hydrogen-bond acceptors (Lipinski definition) is 6. The van der Waals surface area contributed by atoms with Crippen molar-refractivity contribution in [1.82, 2.24) is 9.88 Å². The number of carbonyl (C=O) groups excluding carboxylic acids is 1. The molecule has 0 N–H and O–H groups in total. The Morgan fingerprint density at radius 3 is 2.59 bits per heavy atom. The van der Waals surface area contributed by atoms with Crippen LogP contribution in [0.4, 0.5) is 11.4 Å². The highest BCUT2D eigenvalue weighted by Gasteiger charge is 2.26. The molecule has 114 valence electrons. The highest BCUT2D eigenvalue weighted by Crippen LogP contribution is 2.28. The molecule has 0 unspecified atom stereocenters. The lowest BCUT2D eigenvalue weighted by Gasteiger charge is -2.35. The van der Waals surface area contributed by atoms with E-state index in [1.165, 1.54) is 17.4 Å². The Morgan fingerprint density at radius 2 is 1.95 bits per heavy atom. The van der Waals surface area contributed by atoms with E-state index in [-0.39, 0.29) is 16.5 Å². The summed E-state index contributed by atoms with van der Waals surface area (Å²) in [5.74, 6) is -0.0234. The molecule has 3 rings (SSSR count). The quantitative estimate of drug-likeness (QED) is 0.639. The molecule has 1 fully saturated rings. The zero-order chi connectivity index (χ0) is 15.5. The first-order valence-corrected chi connectivity index (χ1v) is 7.71. The molecular weight excluding hydrogens is 304 g/mol. The van der Waals surface area contributed by atoms with Crippen LogP contribution >= 0.6 is 11.3 Å². The number of anilines is 1. The summed E-state index contributed by atoms with van der Waals surface area (Å²) in [7, 11) is 0. The van der Waals surface area contributed by atoms with Crippen LogP contribution in [0, 0.1) is 10.1 Å². The Balaban J connectivity index is 1.70. The highest BCUT2D eigenvalue weighted by atomic mass is 32.1. The number of rotatable bonds is 3. The first-order chi connectivity index (χ1) is 10.7. The number of nitro benzene ring substituents is 1. The zero-order valence-electron chi connectivity index (χ0n) is 11.7. The van der Waals surface area contributed by atoms with Gasteiger partial charge in [0.1, 0.15) is 10.6 Å². The van der Waals surface area contributed by atoms with Crippen LogP contribution in [0.3, 0.4) is 0 Å². The maximum absolute atomic E-state index is 12.2. The van der Waals surface area contributed by atoms with Gasteiger partial charge in [0.2, 0.25) is 0 Å². The summed E-state index contributed by atoms with van der Waals surface area (Å²) >= 11 is 1.32. The van der Waals surface area contributed by atoms with Crippen LogP contribution in [0.5, 0.6) is 0 Å². The van der Waals surface area contributed by atoms with Crippen molar-refractivity contribution in [2.24, 2.45) is 0 Å². The van der Waals surface area contributed by atoms with Gasteiger partial charge in [0.25, 0.3) is 11.6 Å². The van der Waals surface area contributed by atoms with Crippen LogP contribution in [0.15, 0.2) is 36.0 Å². The summed E-state index contributed by atoms with van der Waals surface area (Å²) in [5, 5.41) is 11.1. The average Bonchev–Trinajstić information content (AvgIpc) is 3.09.